The number of aromatic nitrogens is 1. The first-order valence-corrected chi connectivity index (χ1v) is 7.66. The molecule has 0 saturated heterocycles. The monoisotopic (exact) mass is 322 g/mol. The number of nitriles is 1. The predicted octanol–water partition coefficient (Wildman–Crippen LogP) is 4.72. The lowest BCUT2D eigenvalue weighted by molar-refractivity contribution is 0.475. The molecule has 3 nitrogen and oxygen atoms in total. The van der Waals surface area contributed by atoms with Gasteiger partial charge in [0.25, 0.3) is 0 Å². The van der Waals surface area contributed by atoms with Crippen LogP contribution in [-0.2, 0) is 0 Å². The summed E-state index contributed by atoms with van der Waals surface area (Å²) < 4.78 is 13.0. The molecule has 1 aromatic heterocycles. The fourth-order valence-corrected chi connectivity index (χ4v) is 2.87. The molecular formula is C18H11FN2OS. The molecule has 3 aromatic rings. The fourth-order valence-electron chi connectivity index (χ4n) is 2.07. The number of aromatic hydroxyl groups is 1. The highest BCUT2D eigenvalue weighted by atomic mass is 32.1. The van der Waals surface area contributed by atoms with Gasteiger partial charge in [0.2, 0.25) is 0 Å². The van der Waals surface area contributed by atoms with Crippen molar-refractivity contribution in [2.45, 2.75) is 0 Å². The summed E-state index contributed by atoms with van der Waals surface area (Å²) in [7, 11) is 0. The number of phenolic OH excluding ortho intramolecular Hbond substituents is 1. The average molecular weight is 322 g/mol. The topological polar surface area (TPSA) is 56.9 Å². The van der Waals surface area contributed by atoms with Gasteiger partial charge in [-0.1, -0.05) is 12.1 Å². The molecule has 0 atom stereocenters. The Labute approximate surface area is 136 Å². The summed E-state index contributed by atoms with van der Waals surface area (Å²) in [6, 6.07) is 14.8. The van der Waals surface area contributed by atoms with Gasteiger partial charge in [-0.15, -0.1) is 11.3 Å². The molecule has 0 bridgehead atoms. The highest BCUT2D eigenvalue weighted by Gasteiger charge is 2.09. The van der Waals surface area contributed by atoms with Crippen LogP contribution in [0.5, 0.6) is 5.75 Å². The molecule has 0 fully saturated rings. The van der Waals surface area contributed by atoms with Gasteiger partial charge in [0.05, 0.1) is 11.3 Å². The smallest absolute Gasteiger partial charge is 0.134 e. The summed E-state index contributed by atoms with van der Waals surface area (Å²) in [5.41, 5.74) is 2.62. The van der Waals surface area contributed by atoms with Gasteiger partial charge in [0, 0.05) is 10.9 Å². The van der Waals surface area contributed by atoms with Crippen molar-refractivity contribution in [1.82, 2.24) is 4.98 Å². The molecule has 3 rings (SSSR count). The van der Waals surface area contributed by atoms with Crippen molar-refractivity contribution < 1.29 is 9.50 Å². The van der Waals surface area contributed by atoms with Gasteiger partial charge >= 0.3 is 0 Å². The molecule has 2 aromatic carbocycles. The van der Waals surface area contributed by atoms with Crippen LogP contribution in [0.2, 0.25) is 0 Å². The second kappa shape index (κ2) is 6.42. The van der Waals surface area contributed by atoms with E-state index >= 15 is 0 Å². The van der Waals surface area contributed by atoms with Crippen molar-refractivity contribution in [3.63, 3.8) is 0 Å². The van der Waals surface area contributed by atoms with Crippen molar-refractivity contribution in [3.05, 3.63) is 70.3 Å². The molecule has 23 heavy (non-hydrogen) atoms. The molecule has 1 heterocycles. The lowest BCUT2D eigenvalue weighted by Gasteiger charge is -1.97. The van der Waals surface area contributed by atoms with E-state index in [1.165, 1.54) is 23.5 Å². The second-order valence-corrected chi connectivity index (χ2v) is 5.67. The number of allylic oxidation sites excluding steroid dienone is 1. The maximum atomic E-state index is 13.0. The van der Waals surface area contributed by atoms with Crippen molar-refractivity contribution in [2.24, 2.45) is 0 Å². The normalized spacial score (nSPS) is 11.2. The van der Waals surface area contributed by atoms with Crippen LogP contribution in [-0.4, -0.2) is 10.1 Å². The first-order chi connectivity index (χ1) is 11.2. The minimum atomic E-state index is -0.300. The van der Waals surface area contributed by atoms with Crippen molar-refractivity contribution in [3.8, 4) is 23.1 Å². The highest BCUT2D eigenvalue weighted by molar-refractivity contribution is 7.11. The molecule has 0 saturated carbocycles. The van der Waals surface area contributed by atoms with Gasteiger partial charge in [-0.3, -0.25) is 0 Å². The zero-order valence-corrected chi connectivity index (χ0v) is 12.7. The maximum Gasteiger partial charge on any atom is 0.134 e. The Bertz CT molecular complexity index is 907. The largest absolute Gasteiger partial charge is 0.508 e. The molecule has 112 valence electrons. The Kier molecular flexibility index (Phi) is 4.18. The van der Waals surface area contributed by atoms with Crippen LogP contribution >= 0.6 is 11.3 Å². The minimum absolute atomic E-state index is 0.141. The van der Waals surface area contributed by atoms with E-state index in [9.17, 15) is 14.8 Å². The van der Waals surface area contributed by atoms with Crippen molar-refractivity contribution in [1.29, 1.82) is 5.26 Å². The van der Waals surface area contributed by atoms with E-state index < -0.39 is 0 Å². The third-order valence-corrected chi connectivity index (χ3v) is 4.05. The SMILES string of the molecule is N#C/C(=C\c1cccc(O)c1)c1nc(-c2ccc(F)cc2)cs1. The summed E-state index contributed by atoms with van der Waals surface area (Å²) >= 11 is 1.35. The molecule has 0 amide bonds. The Morgan fingerprint density at radius 1 is 1.22 bits per heavy atom. The number of nitrogens with zero attached hydrogens (tertiary/aromatic N) is 2. The van der Waals surface area contributed by atoms with Crippen LogP contribution in [0.4, 0.5) is 4.39 Å². The van der Waals surface area contributed by atoms with E-state index in [4.69, 9.17) is 0 Å². The summed E-state index contributed by atoms with van der Waals surface area (Å²) in [5.74, 6) is -0.159. The summed E-state index contributed by atoms with van der Waals surface area (Å²) in [5, 5.41) is 21.3. The number of hydrogen-bond acceptors (Lipinski definition) is 4. The van der Waals surface area contributed by atoms with E-state index in [2.05, 4.69) is 11.1 Å². The van der Waals surface area contributed by atoms with Gasteiger partial charge in [-0.05, 0) is 48.0 Å². The highest BCUT2D eigenvalue weighted by Crippen LogP contribution is 2.27. The van der Waals surface area contributed by atoms with E-state index in [-0.39, 0.29) is 11.6 Å². The van der Waals surface area contributed by atoms with Crippen LogP contribution in [0.3, 0.4) is 0 Å². The lowest BCUT2D eigenvalue weighted by Crippen LogP contribution is -1.83. The van der Waals surface area contributed by atoms with Crippen molar-refractivity contribution >= 4 is 23.0 Å². The second-order valence-electron chi connectivity index (χ2n) is 4.81. The zero-order chi connectivity index (χ0) is 16.2. The maximum absolute atomic E-state index is 13.0. The first kappa shape index (κ1) is 14.9. The lowest BCUT2D eigenvalue weighted by atomic mass is 10.1. The zero-order valence-electron chi connectivity index (χ0n) is 11.9. The van der Waals surface area contributed by atoms with Gasteiger partial charge in [-0.25, -0.2) is 9.37 Å². The summed E-state index contributed by atoms with van der Waals surface area (Å²) in [4.78, 5) is 4.44. The third-order valence-electron chi connectivity index (χ3n) is 3.18. The van der Waals surface area contributed by atoms with E-state index in [1.807, 2.05) is 5.38 Å². The van der Waals surface area contributed by atoms with Gasteiger partial charge in [-0.2, -0.15) is 5.26 Å². The van der Waals surface area contributed by atoms with Crippen LogP contribution in [0, 0.1) is 17.1 Å². The van der Waals surface area contributed by atoms with Crippen molar-refractivity contribution in [2.75, 3.05) is 0 Å². The molecule has 0 aliphatic carbocycles. The first-order valence-electron chi connectivity index (χ1n) is 6.78. The van der Waals surface area contributed by atoms with Gasteiger partial charge in [0.1, 0.15) is 22.6 Å². The van der Waals surface area contributed by atoms with Crippen LogP contribution in [0.25, 0.3) is 22.9 Å². The molecule has 0 aliphatic rings. The van der Waals surface area contributed by atoms with E-state index in [0.29, 0.717) is 16.3 Å². The fraction of sp³-hybridized carbons (Fsp3) is 0. The van der Waals surface area contributed by atoms with E-state index in [1.54, 1.807) is 42.5 Å². The number of hydrogen-bond donors (Lipinski definition) is 1. The number of phenols is 1. The van der Waals surface area contributed by atoms with E-state index in [0.717, 1.165) is 11.1 Å². The Balaban J connectivity index is 1.94. The molecule has 0 unspecified atom stereocenters. The molecule has 1 N–H and O–H groups in total. The molecule has 0 aliphatic heterocycles. The molecule has 0 radical (unpaired) electrons. The Morgan fingerprint density at radius 3 is 2.70 bits per heavy atom. The molecule has 0 spiro atoms. The number of thiazole rings is 1. The van der Waals surface area contributed by atoms with Crippen LogP contribution in [0.15, 0.2) is 53.9 Å². The molecular weight excluding hydrogens is 311 g/mol. The average Bonchev–Trinajstić information content (AvgIpc) is 3.03. The third kappa shape index (κ3) is 3.44. The van der Waals surface area contributed by atoms with Gasteiger partial charge in [0.15, 0.2) is 0 Å². The summed E-state index contributed by atoms with van der Waals surface area (Å²) in [6.45, 7) is 0. The van der Waals surface area contributed by atoms with Crippen LogP contribution < -0.4 is 0 Å². The molecule has 5 heteroatoms. The standard InChI is InChI=1S/C18H11FN2OS/c19-15-6-4-13(5-7-15)17-11-23-18(21-17)14(10-20)8-12-2-1-3-16(22)9-12/h1-9,11,22H/b14-8+. The quantitative estimate of drug-likeness (QED) is 0.710. The summed E-state index contributed by atoms with van der Waals surface area (Å²) in [6.07, 6.45) is 1.67. The van der Waals surface area contributed by atoms with Crippen LogP contribution in [0.1, 0.15) is 10.6 Å². The van der Waals surface area contributed by atoms with Gasteiger partial charge < -0.3 is 5.11 Å². The number of halogens is 1. The number of benzene rings is 2. The Hall–Kier alpha value is -2.97. The number of rotatable bonds is 3. The minimum Gasteiger partial charge on any atom is -0.508 e. The Morgan fingerprint density at radius 2 is 2.00 bits per heavy atom. The predicted molar refractivity (Wildman–Crippen MR) is 89.1 cm³/mol.